The first-order chi connectivity index (χ1) is 10.0. The number of benzene rings is 2. The highest BCUT2D eigenvalue weighted by molar-refractivity contribution is 7.89. The van der Waals surface area contributed by atoms with E-state index in [-0.39, 0.29) is 6.04 Å². The Bertz CT molecular complexity index is 664. The van der Waals surface area contributed by atoms with Crippen LogP contribution in [0.1, 0.15) is 37.4 Å². The molecule has 2 rings (SSSR count). The topological polar surface area (TPSA) is 46.2 Å². The molecule has 0 aliphatic rings. The van der Waals surface area contributed by atoms with Crippen molar-refractivity contribution >= 4 is 10.0 Å². The summed E-state index contributed by atoms with van der Waals surface area (Å²) in [4.78, 5) is 0.310. The molecule has 1 unspecified atom stereocenters. The zero-order valence-corrected chi connectivity index (χ0v) is 13.2. The minimum absolute atomic E-state index is 0.258. The zero-order chi connectivity index (χ0) is 15.3. The highest BCUT2D eigenvalue weighted by Gasteiger charge is 2.17. The summed E-state index contributed by atoms with van der Waals surface area (Å²) < 4.78 is 27.5. The molecule has 4 heteroatoms. The Morgan fingerprint density at radius 1 is 1.00 bits per heavy atom. The number of sulfonamides is 1. The van der Waals surface area contributed by atoms with Gasteiger partial charge in [0.2, 0.25) is 10.0 Å². The first-order valence-electron chi connectivity index (χ1n) is 7.19. The Balaban J connectivity index is 2.14. The molecule has 0 aliphatic heterocycles. The summed E-state index contributed by atoms with van der Waals surface area (Å²) in [5.74, 6) is 0. The van der Waals surface area contributed by atoms with E-state index in [9.17, 15) is 8.42 Å². The monoisotopic (exact) mass is 303 g/mol. The number of nitrogens with one attached hydrogen (secondary N) is 1. The van der Waals surface area contributed by atoms with Crippen molar-refractivity contribution in [1.29, 1.82) is 0 Å². The second-order valence-electron chi connectivity index (χ2n) is 5.15. The van der Waals surface area contributed by atoms with Gasteiger partial charge in [0, 0.05) is 6.04 Å². The standard InChI is InChI=1S/C17H21NO2S/c1-3-7-15-10-12-17(13-11-15)21(19,20)18-14(2)16-8-5-4-6-9-16/h4-6,8-14,18H,3,7H2,1-2H3. The van der Waals surface area contributed by atoms with Crippen molar-refractivity contribution in [3.8, 4) is 0 Å². The average Bonchev–Trinajstić information content (AvgIpc) is 2.48. The third-order valence-corrected chi connectivity index (χ3v) is 4.96. The van der Waals surface area contributed by atoms with E-state index in [0.29, 0.717) is 4.90 Å². The van der Waals surface area contributed by atoms with Crippen LogP contribution in [0.2, 0.25) is 0 Å². The van der Waals surface area contributed by atoms with Crippen molar-refractivity contribution in [2.24, 2.45) is 0 Å². The van der Waals surface area contributed by atoms with Crippen LogP contribution < -0.4 is 4.72 Å². The predicted octanol–water partition coefficient (Wildman–Crippen LogP) is 3.68. The highest BCUT2D eigenvalue weighted by Crippen LogP contribution is 2.17. The van der Waals surface area contributed by atoms with Crippen LogP contribution in [-0.4, -0.2) is 8.42 Å². The summed E-state index contributed by atoms with van der Waals surface area (Å²) >= 11 is 0. The Labute approximate surface area is 127 Å². The van der Waals surface area contributed by atoms with Gasteiger partial charge in [0.25, 0.3) is 0 Å². The normalized spacial score (nSPS) is 13.0. The first-order valence-corrected chi connectivity index (χ1v) is 8.67. The third-order valence-electron chi connectivity index (χ3n) is 3.40. The molecule has 0 saturated heterocycles. The summed E-state index contributed by atoms with van der Waals surface area (Å²) in [6, 6.07) is 16.4. The van der Waals surface area contributed by atoms with Crippen LogP contribution in [0.25, 0.3) is 0 Å². The Morgan fingerprint density at radius 3 is 2.19 bits per heavy atom. The fourth-order valence-electron chi connectivity index (χ4n) is 2.23. The molecular weight excluding hydrogens is 282 g/mol. The maximum atomic E-state index is 12.4. The molecule has 0 saturated carbocycles. The number of hydrogen-bond donors (Lipinski definition) is 1. The van der Waals surface area contributed by atoms with Crippen LogP contribution in [0.5, 0.6) is 0 Å². The van der Waals surface area contributed by atoms with Gasteiger partial charge in [-0.15, -0.1) is 0 Å². The van der Waals surface area contributed by atoms with E-state index < -0.39 is 10.0 Å². The van der Waals surface area contributed by atoms with Gasteiger partial charge >= 0.3 is 0 Å². The molecule has 1 N–H and O–H groups in total. The molecular formula is C17H21NO2S. The SMILES string of the molecule is CCCc1ccc(S(=O)(=O)NC(C)c2ccccc2)cc1. The summed E-state index contributed by atoms with van der Waals surface area (Å²) in [6.45, 7) is 3.95. The molecule has 0 fully saturated rings. The molecule has 0 spiro atoms. The molecule has 112 valence electrons. The molecule has 0 aliphatic carbocycles. The average molecular weight is 303 g/mol. The van der Waals surface area contributed by atoms with Gasteiger partial charge in [-0.2, -0.15) is 0 Å². The first kappa shape index (κ1) is 15.7. The van der Waals surface area contributed by atoms with E-state index in [1.165, 1.54) is 0 Å². The zero-order valence-electron chi connectivity index (χ0n) is 12.4. The van der Waals surface area contributed by atoms with Crippen LogP contribution >= 0.6 is 0 Å². The highest BCUT2D eigenvalue weighted by atomic mass is 32.2. The number of rotatable bonds is 6. The fourth-order valence-corrected chi connectivity index (χ4v) is 3.47. The smallest absolute Gasteiger partial charge is 0.207 e. The van der Waals surface area contributed by atoms with Gasteiger partial charge in [0.1, 0.15) is 0 Å². The number of hydrogen-bond acceptors (Lipinski definition) is 2. The van der Waals surface area contributed by atoms with Gasteiger partial charge in [0.15, 0.2) is 0 Å². The van der Waals surface area contributed by atoms with Crippen molar-refractivity contribution in [3.63, 3.8) is 0 Å². The van der Waals surface area contributed by atoms with Crippen LogP contribution in [0, 0.1) is 0 Å². The Kier molecular flexibility index (Phi) is 5.15. The molecule has 0 bridgehead atoms. The number of aryl methyl sites for hydroxylation is 1. The maximum absolute atomic E-state index is 12.4. The summed E-state index contributed by atoms with van der Waals surface area (Å²) in [6.07, 6.45) is 2.02. The molecule has 21 heavy (non-hydrogen) atoms. The van der Waals surface area contributed by atoms with Gasteiger partial charge < -0.3 is 0 Å². The molecule has 0 radical (unpaired) electrons. The van der Waals surface area contributed by atoms with Crippen molar-refractivity contribution in [2.75, 3.05) is 0 Å². The maximum Gasteiger partial charge on any atom is 0.241 e. The van der Waals surface area contributed by atoms with Crippen molar-refractivity contribution in [2.45, 2.75) is 37.6 Å². The fraction of sp³-hybridized carbons (Fsp3) is 0.294. The lowest BCUT2D eigenvalue weighted by Gasteiger charge is -2.14. The van der Waals surface area contributed by atoms with Crippen LogP contribution in [0.3, 0.4) is 0 Å². The molecule has 3 nitrogen and oxygen atoms in total. The molecule has 0 amide bonds. The molecule has 0 aromatic heterocycles. The van der Waals surface area contributed by atoms with Crippen molar-refractivity contribution in [3.05, 3.63) is 65.7 Å². The van der Waals surface area contributed by atoms with E-state index in [4.69, 9.17) is 0 Å². The van der Waals surface area contributed by atoms with Crippen molar-refractivity contribution < 1.29 is 8.42 Å². The molecule has 0 heterocycles. The summed E-state index contributed by atoms with van der Waals surface area (Å²) in [7, 11) is -3.49. The van der Waals surface area contributed by atoms with Crippen LogP contribution in [0.15, 0.2) is 59.5 Å². The van der Waals surface area contributed by atoms with Crippen LogP contribution in [-0.2, 0) is 16.4 Å². The van der Waals surface area contributed by atoms with Gasteiger partial charge in [-0.3, -0.25) is 0 Å². The molecule has 2 aromatic rings. The Morgan fingerprint density at radius 2 is 1.62 bits per heavy atom. The van der Waals surface area contributed by atoms with Gasteiger partial charge in [-0.05, 0) is 36.6 Å². The largest absolute Gasteiger partial charge is 0.241 e. The Hall–Kier alpha value is -1.65. The van der Waals surface area contributed by atoms with Gasteiger partial charge in [0.05, 0.1) is 4.90 Å². The van der Waals surface area contributed by atoms with Crippen LogP contribution in [0.4, 0.5) is 0 Å². The van der Waals surface area contributed by atoms with E-state index >= 15 is 0 Å². The minimum Gasteiger partial charge on any atom is -0.207 e. The second-order valence-corrected chi connectivity index (χ2v) is 6.86. The van der Waals surface area contributed by atoms with Gasteiger partial charge in [-0.25, -0.2) is 13.1 Å². The predicted molar refractivity (Wildman–Crippen MR) is 85.6 cm³/mol. The quantitative estimate of drug-likeness (QED) is 0.885. The third kappa shape index (κ3) is 4.16. The van der Waals surface area contributed by atoms with E-state index in [1.54, 1.807) is 12.1 Å². The minimum atomic E-state index is -3.49. The van der Waals surface area contributed by atoms with Crippen molar-refractivity contribution in [1.82, 2.24) is 4.72 Å². The lowest BCUT2D eigenvalue weighted by atomic mass is 10.1. The molecule has 2 aromatic carbocycles. The summed E-state index contributed by atoms with van der Waals surface area (Å²) in [5.41, 5.74) is 2.11. The van der Waals surface area contributed by atoms with E-state index in [2.05, 4.69) is 11.6 Å². The van der Waals surface area contributed by atoms with E-state index in [1.807, 2.05) is 49.4 Å². The van der Waals surface area contributed by atoms with Gasteiger partial charge in [-0.1, -0.05) is 55.8 Å². The second kappa shape index (κ2) is 6.87. The lowest BCUT2D eigenvalue weighted by molar-refractivity contribution is 0.567. The lowest BCUT2D eigenvalue weighted by Crippen LogP contribution is -2.26. The van der Waals surface area contributed by atoms with E-state index in [0.717, 1.165) is 24.0 Å². The summed E-state index contributed by atoms with van der Waals surface area (Å²) in [5, 5.41) is 0. The molecule has 1 atom stereocenters.